The first kappa shape index (κ1) is 22.2. The lowest BCUT2D eigenvalue weighted by molar-refractivity contribution is -0.125. The Bertz CT molecular complexity index is 1260. The molecule has 33 heavy (non-hydrogen) atoms. The van der Waals surface area contributed by atoms with Gasteiger partial charge in [-0.25, -0.2) is 0 Å². The molecule has 1 amide bonds. The molecule has 166 valence electrons. The fraction of sp³-hybridized carbons (Fsp3) is 0.179. The van der Waals surface area contributed by atoms with Crippen LogP contribution in [0, 0.1) is 13.8 Å². The van der Waals surface area contributed by atoms with Crippen molar-refractivity contribution in [3.63, 3.8) is 0 Å². The van der Waals surface area contributed by atoms with Crippen LogP contribution in [0.2, 0.25) is 0 Å². The zero-order valence-electron chi connectivity index (χ0n) is 19.3. The molecule has 0 fully saturated rings. The Hall–Kier alpha value is -3.99. The lowest BCUT2D eigenvalue weighted by Crippen LogP contribution is -2.24. The highest BCUT2D eigenvalue weighted by Crippen LogP contribution is 2.26. The first-order valence-electron chi connectivity index (χ1n) is 11.0. The highest BCUT2D eigenvalue weighted by molar-refractivity contribution is 5.92. The smallest absolute Gasteiger partial charge is 0.246 e. The maximum absolute atomic E-state index is 12.8. The number of aryl methyl sites for hydroxylation is 2. The third-order valence-electron chi connectivity index (χ3n) is 5.71. The summed E-state index contributed by atoms with van der Waals surface area (Å²) in [6, 6.07) is 20.4. The fourth-order valence-electron chi connectivity index (χ4n) is 3.65. The summed E-state index contributed by atoms with van der Waals surface area (Å²) in [6.45, 7) is 5.41. The van der Waals surface area contributed by atoms with Crippen LogP contribution in [0.15, 0.2) is 85.3 Å². The van der Waals surface area contributed by atoms with E-state index in [9.17, 15) is 4.79 Å². The van der Waals surface area contributed by atoms with Crippen LogP contribution < -0.4 is 0 Å². The minimum Gasteiger partial charge on any atom is -0.338 e. The van der Waals surface area contributed by atoms with Gasteiger partial charge in [0, 0.05) is 49.4 Å². The van der Waals surface area contributed by atoms with Gasteiger partial charge in [-0.15, -0.1) is 0 Å². The van der Waals surface area contributed by atoms with E-state index in [1.807, 2.05) is 47.3 Å². The summed E-state index contributed by atoms with van der Waals surface area (Å²) in [7, 11) is 1.80. The van der Waals surface area contributed by atoms with Crippen molar-refractivity contribution in [3.05, 3.63) is 113 Å². The molecule has 0 aliphatic heterocycles. The standard InChI is InChI=1S/C28H28N4O/c1-21-9-10-25(17-22(21)2)28-26(20-32(30-28)19-23-7-5-4-6-8-23)11-12-27(33)31(3)18-24-13-15-29-16-14-24/h4-17,20H,18-19H2,1-3H3/b12-11+. The van der Waals surface area contributed by atoms with E-state index in [0.29, 0.717) is 13.1 Å². The molecule has 0 saturated carbocycles. The van der Waals surface area contributed by atoms with E-state index in [2.05, 4.69) is 49.2 Å². The molecule has 4 rings (SSSR count). The SMILES string of the molecule is Cc1ccc(-c2nn(Cc3ccccc3)cc2/C=C/C(=O)N(C)Cc2ccncc2)cc1C. The van der Waals surface area contributed by atoms with Crippen LogP contribution in [-0.2, 0) is 17.9 Å². The summed E-state index contributed by atoms with van der Waals surface area (Å²) in [5.74, 6) is -0.0614. The molecule has 0 atom stereocenters. The van der Waals surface area contributed by atoms with Gasteiger partial charge < -0.3 is 4.90 Å². The Kier molecular flexibility index (Phi) is 6.79. The predicted molar refractivity (Wildman–Crippen MR) is 132 cm³/mol. The average molecular weight is 437 g/mol. The lowest BCUT2D eigenvalue weighted by atomic mass is 10.0. The van der Waals surface area contributed by atoms with Crippen LogP contribution in [0.3, 0.4) is 0 Å². The van der Waals surface area contributed by atoms with Gasteiger partial charge in [0.15, 0.2) is 0 Å². The summed E-state index contributed by atoms with van der Waals surface area (Å²) in [5, 5.41) is 4.87. The molecular formula is C28H28N4O. The van der Waals surface area contributed by atoms with Gasteiger partial charge in [-0.05, 0) is 60.4 Å². The first-order chi connectivity index (χ1) is 16.0. The maximum atomic E-state index is 12.8. The van der Waals surface area contributed by atoms with E-state index >= 15 is 0 Å². The van der Waals surface area contributed by atoms with Crippen LogP contribution in [0.4, 0.5) is 0 Å². The van der Waals surface area contributed by atoms with Gasteiger partial charge in [0.1, 0.15) is 0 Å². The zero-order chi connectivity index (χ0) is 23.2. The summed E-state index contributed by atoms with van der Waals surface area (Å²) >= 11 is 0. The topological polar surface area (TPSA) is 51.0 Å². The molecule has 4 aromatic rings. The van der Waals surface area contributed by atoms with Gasteiger partial charge in [-0.1, -0.05) is 42.5 Å². The van der Waals surface area contributed by atoms with E-state index in [1.54, 1.807) is 30.4 Å². The van der Waals surface area contributed by atoms with Crippen molar-refractivity contribution in [2.45, 2.75) is 26.9 Å². The fourth-order valence-corrected chi connectivity index (χ4v) is 3.65. The molecule has 5 nitrogen and oxygen atoms in total. The van der Waals surface area contributed by atoms with Crippen molar-refractivity contribution in [2.75, 3.05) is 7.05 Å². The molecule has 0 bridgehead atoms. The number of likely N-dealkylation sites (N-methyl/N-ethyl adjacent to an activating group) is 1. The highest BCUT2D eigenvalue weighted by Gasteiger charge is 2.12. The van der Waals surface area contributed by atoms with E-state index in [1.165, 1.54) is 16.7 Å². The molecule has 0 aliphatic carbocycles. The largest absolute Gasteiger partial charge is 0.338 e. The number of rotatable bonds is 7. The molecule has 5 heteroatoms. The van der Waals surface area contributed by atoms with Crippen LogP contribution in [0.1, 0.15) is 27.8 Å². The number of amides is 1. The Labute approximate surface area is 195 Å². The summed E-state index contributed by atoms with van der Waals surface area (Å²) in [4.78, 5) is 18.5. The Morgan fingerprint density at radius 1 is 0.970 bits per heavy atom. The van der Waals surface area contributed by atoms with E-state index < -0.39 is 0 Å². The molecule has 0 radical (unpaired) electrons. The molecule has 2 aromatic carbocycles. The first-order valence-corrected chi connectivity index (χ1v) is 11.0. The summed E-state index contributed by atoms with van der Waals surface area (Å²) in [6.07, 6.45) is 8.96. The quantitative estimate of drug-likeness (QED) is 0.370. The third-order valence-corrected chi connectivity index (χ3v) is 5.71. The molecule has 0 saturated heterocycles. The summed E-state index contributed by atoms with van der Waals surface area (Å²) in [5.41, 5.74) is 7.51. The molecule has 2 heterocycles. The average Bonchev–Trinajstić information content (AvgIpc) is 3.23. The van der Waals surface area contributed by atoms with Gasteiger partial charge in [-0.2, -0.15) is 5.10 Å². The molecule has 0 unspecified atom stereocenters. The van der Waals surface area contributed by atoms with Crippen molar-refractivity contribution in [2.24, 2.45) is 0 Å². The van der Waals surface area contributed by atoms with Crippen molar-refractivity contribution in [3.8, 4) is 11.3 Å². The molecule has 0 N–H and O–H groups in total. The van der Waals surface area contributed by atoms with Crippen molar-refractivity contribution >= 4 is 12.0 Å². The number of carbonyl (C=O) groups is 1. The lowest BCUT2D eigenvalue weighted by Gasteiger charge is -2.14. The predicted octanol–water partition coefficient (Wildman–Crippen LogP) is 5.28. The minimum absolute atomic E-state index is 0.0614. The monoisotopic (exact) mass is 436 g/mol. The van der Waals surface area contributed by atoms with Crippen molar-refractivity contribution in [1.29, 1.82) is 0 Å². The molecule has 0 aliphatic rings. The maximum Gasteiger partial charge on any atom is 0.246 e. The number of aromatic nitrogens is 3. The minimum atomic E-state index is -0.0614. The van der Waals surface area contributed by atoms with Gasteiger partial charge in [0.2, 0.25) is 5.91 Å². The Balaban J connectivity index is 1.60. The second kappa shape index (κ2) is 10.1. The van der Waals surface area contributed by atoms with E-state index in [4.69, 9.17) is 5.10 Å². The van der Waals surface area contributed by atoms with Crippen molar-refractivity contribution in [1.82, 2.24) is 19.7 Å². The number of hydrogen-bond acceptors (Lipinski definition) is 3. The number of benzene rings is 2. The van der Waals surface area contributed by atoms with Gasteiger partial charge in [0.25, 0.3) is 0 Å². The zero-order valence-corrected chi connectivity index (χ0v) is 19.3. The number of nitrogens with zero attached hydrogens (tertiary/aromatic N) is 4. The number of carbonyl (C=O) groups excluding carboxylic acids is 1. The normalized spacial score (nSPS) is 11.1. The molecular weight excluding hydrogens is 408 g/mol. The molecule has 2 aromatic heterocycles. The van der Waals surface area contributed by atoms with E-state index in [0.717, 1.165) is 22.4 Å². The van der Waals surface area contributed by atoms with Gasteiger partial charge in [0.05, 0.1) is 12.2 Å². The van der Waals surface area contributed by atoms with Gasteiger partial charge >= 0.3 is 0 Å². The van der Waals surface area contributed by atoms with Crippen LogP contribution >= 0.6 is 0 Å². The Morgan fingerprint density at radius 3 is 2.45 bits per heavy atom. The summed E-state index contributed by atoms with van der Waals surface area (Å²) < 4.78 is 1.94. The molecule has 0 spiro atoms. The third kappa shape index (κ3) is 5.63. The van der Waals surface area contributed by atoms with Crippen LogP contribution in [0.25, 0.3) is 17.3 Å². The second-order valence-electron chi connectivity index (χ2n) is 8.30. The van der Waals surface area contributed by atoms with Crippen molar-refractivity contribution < 1.29 is 4.79 Å². The number of pyridine rings is 1. The number of hydrogen-bond donors (Lipinski definition) is 0. The van der Waals surface area contributed by atoms with Gasteiger partial charge in [-0.3, -0.25) is 14.5 Å². The second-order valence-corrected chi connectivity index (χ2v) is 8.30. The van der Waals surface area contributed by atoms with E-state index in [-0.39, 0.29) is 5.91 Å². The van der Waals surface area contributed by atoms with Crippen LogP contribution in [0.5, 0.6) is 0 Å². The highest BCUT2D eigenvalue weighted by atomic mass is 16.2. The Morgan fingerprint density at radius 2 is 1.73 bits per heavy atom. The van der Waals surface area contributed by atoms with Crippen LogP contribution in [-0.4, -0.2) is 32.6 Å².